The van der Waals surface area contributed by atoms with Gasteiger partial charge in [0.05, 0.1) is 5.41 Å². The molecule has 0 bridgehead atoms. The molecule has 4 nitrogen and oxygen atoms in total. The topological polar surface area (TPSA) is 57.6 Å². The molecule has 1 aromatic carbocycles. The van der Waals surface area contributed by atoms with Gasteiger partial charge in [0, 0.05) is 20.0 Å². The summed E-state index contributed by atoms with van der Waals surface area (Å²) in [6.45, 7) is 2.30. The van der Waals surface area contributed by atoms with Crippen LogP contribution in [0.1, 0.15) is 25.3 Å². The van der Waals surface area contributed by atoms with Crippen molar-refractivity contribution in [3.63, 3.8) is 0 Å². The highest BCUT2D eigenvalue weighted by Gasteiger charge is 2.42. The van der Waals surface area contributed by atoms with Crippen LogP contribution in [0.2, 0.25) is 0 Å². The van der Waals surface area contributed by atoms with Crippen LogP contribution in [0, 0.1) is 11.2 Å². The van der Waals surface area contributed by atoms with E-state index in [0.717, 1.165) is 0 Å². The highest BCUT2D eigenvalue weighted by atomic mass is 19.1. The molecule has 1 heterocycles. The maximum Gasteiger partial charge on any atom is 0.310 e. The lowest BCUT2D eigenvalue weighted by atomic mass is 9.73. The Morgan fingerprint density at radius 3 is 2.40 bits per heavy atom. The van der Waals surface area contributed by atoms with Crippen molar-refractivity contribution < 1.29 is 19.1 Å². The summed E-state index contributed by atoms with van der Waals surface area (Å²) in [5.41, 5.74) is -0.556. The van der Waals surface area contributed by atoms with Crippen molar-refractivity contribution in [2.75, 3.05) is 13.1 Å². The first-order chi connectivity index (χ1) is 9.44. The van der Waals surface area contributed by atoms with Crippen LogP contribution in [0.4, 0.5) is 4.39 Å². The van der Waals surface area contributed by atoms with E-state index in [1.54, 1.807) is 23.1 Å². The van der Waals surface area contributed by atoms with Gasteiger partial charge in [0.25, 0.3) is 0 Å². The molecule has 5 heteroatoms. The van der Waals surface area contributed by atoms with Crippen LogP contribution in [0.5, 0.6) is 0 Å². The minimum Gasteiger partial charge on any atom is -0.481 e. The van der Waals surface area contributed by atoms with Crippen LogP contribution >= 0.6 is 0 Å². The summed E-state index contributed by atoms with van der Waals surface area (Å²) in [7, 11) is 0. The van der Waals surface area contributed by atoms with E-state index in [9.17, 15) is 19.1 Å². The minimum atomic E-state index is -0.978. The number of hydrogen-bond acceptors (Lipinski definition) is 2. The second-order valence-electron chi connectivity index (χ2n) is 5.36. The van der Waals surface area contributed by atoms with Crippen LogP contribution in [-0.4, -0.2) is 35.0 Å². The number of carbonyl (C=O) groups is 2. The lowest BCUT2D eigenvalue weighted by Gasteiger charge is -2.38. The standard InChI is InChI=1S/C15H18FNO3/c1-11(18)17-8-6-15(7-9-17,14(19)20)10-12-4-2-3-5-13(12)16/h2-5H,6-10H2,1H3,(H,19,20). The van der Waals surface area contributed by atoms with Gasteiger partial charge in [-0.1, -0.05) is 18.2 Å². The number of likely N-dealkylation sites (tertiary alicyclic amines) is 1. The summed E-state index contributed by atoms with van der Waals surface area (Å²) in [5, 5.41) is 9.54. The fourth-order valence-electron chi connectivity index (χ4n) is 2.72. The molecule has 108 valence electrons. The molecule has 2 rings (SSSR count). The van der Waals surface area contributed by atoms with Crippen molar-refractivity contribution in [1.82, 2.24) is 4.90 Å². The number of rotatable bonds is 3. The Hall–Kier alpha value is -1.91. The van der Waals surface area contributed by atoms with Crippen molar-refractivity contribution in [3.05, 3.63) is 35.6 Å². The predicted octanol–water partition coefficient (Wildman–Crippen LogP) is 2.08. The van der Waals surface area contributed by atoms with Crippen molar-refractivity contribution in [1.29, 1.82) is 0 Å². The van der Waals surface area contributed by atoms with Crippen LogP contribution in [0.15, 0.2) is 24.3 Å². The molecule has 0 atom stereocenters. The number of amides is 1. The maximum atomic E-state index is 13.7. The third-order valence-electron chi connectivity index (χ3n) is 4.11. The fourth-order valence-corrected chi connectivity index (χ4v) is 2.72. The van der Waals surface area contributed by atoms with E-state index >= 15 is 0 Å². The van der Waals surface area contributed by atoms with Gasteiger partial charge >= 0.3 is 5.97 Å². The molecule has 20 heavy (non-hydrogen) atoms. The molecule has 1 fully saturated rings. The SMILES string of the molecule is CC(=O)N1CCC(Cc2ccccc2F)(C(=O)O)CC1. The summed E-state index contributed by atoms with van der Waals surface area (Å²) in [4.78, 5) is 24.6. The first-order valence-electron chi connectivity index (χ1n) is 6.67. The Kier molecular flexibility index (Phi) is 4.06. The van der Waals surface area contributed by atoms with E-state index < -0.39 is 11.4 Å². The summed E-state index contributed by atoms with van der Waals surface area (Å²) in [6.07, 6.45) is 0.882. The monoisotopic (exact) mass is 279 g/mol. The summed E-state index contributed by atoms with van der Waals surface area (Å²) < 4.78 is 13.7. The number of carboxylic acids is 1. The highest BCUT2D eigenvalue weighted by molar-refractivity contribution is 5.77. The molecule has 1 aromatic rings. The zero-order valence-corrected chi connectivity index (χ0v) is 11.4. The summed E-state index contributed by atoms with van der Waals surface area (Å²) >= 11 is 0. The number of benzene rings is 1. The molecule has 0 aromatic heterocycles. The molecule has 0 spiro atoms. The molecule has 1 saturated heterocycles. The number of halogens is 1. The number of hydrogen-bond donors (Lipinski definition) is 1. The van der Waals surface area contributed by atoms with Gasteiger partial charge < -0.3 is 10.0 Å². The average Bonchev–Trinajstić information content (AvgIpc) is 2.42. The van der Waals surface area contributed by atoms with Crippen molar-refractivity contribution >= 4 is 11.9 Å². The number of carbonyl (C=O) groups excluding carboxylic acids is 1. The van der Waals surface area contributed by atoms with Crippen LogP contribution < -0.4 is 0 Å². The van der Waals surface area contributed by atoms with Gasteiger partial charge in [-0.05, 0) is 30.9 Å². The zero-order chi connectivity index (χ0) is 14.8. The Balaban J connectivity index is 2.18. The van der Waals surface area contributed by atoms with E-state index in [1.165, 1.54) is 13.0 Å². The third-order valence-corrected chi connectivity index (χ3v) is 4.11. The van der Waals surface area contributed by atoms with Gasteiger partial charge in [0.2, 0.25) is 5.91 Å². The number of carboxylic acid groups (broad SMARTS) is 1. The molecule has 0 radical (unpaired) electrons. The fraction of sp³-hybridized carbons (Fsp3) is 0.467. The first kappa shape index (κ1) is 14.5. The van der Waals surface area contributed by atoms with Gasteiger partial charge in [-0.25, -0.2) is 4.39 Å². The van der Waals surface area contributed by atoms with E-state index in [4.69, 9.17) is 0 Å². The average molecular weight is 279 g/mol. The van der Waals surface area contributed by atoms with Gasteiger partial charge in [0.1, 0.15) is 5.82 Å². The van der Waals surface area contributed by atoms with Crippen LogP contribution in [-0.2, 0) is 16.0 Å². The van der Waals surface area contributed by atoms with Crippen LogP contribution in [0.3, 0.4) is 0 Å². The largest absolute Gasteiger partial charge is 0.481 e. The predicted molar refractivity (Wildman–Crippen MR) is 71.7 cm³/mol. The molecule has 0 saturated carbocycles. The van der Waals surface area contributed by atoms with Crippen molar-refractivity contribution in [2.24, 2.45) is 5.41 Å². The zero-order valence-electron chi connectivity index (χ0n) is 11.4. The number of piperidine rings is 1. The quantitative estimate of drug-likeness (QED) is 0.921. The molecule has 1 aliphatic rings. The van der Waals surface area contributed by atoms with Gasteiger partial charge in [-0.15, -0.1) is 0 Å². The normalized spacial score (nSPS) is 17.8. The van der Waals surface area contributed by atoms with Crippen molar-refractivity contribution in [2.45, 2.75) is 26.2 Å². The lowest BCUT2D eigenvalue weighted by Crippen LogP contribution is -2.47. The Bertz CT molecular complexity index is 522. The van der Waals surface area contributed by atoms with Gasteiger partial charge in [-0.3, -0.25) is 9.59 Å². The Morgan fingerprint density at radius 1 is 1.30 bits per heavy atom. The van der Waals surface area contributed by atoms with Crippen LogP contribution in [0.25, 0.3) is 0 Å². The van der Waals surface area contributed by atoms with E-state index in [0.29, 0.717) is 31.5 Å². The number of nitrogens with zero attached hydrogens (tertiary/aromatic N) is 1. The Labute approximate surface area is 117 Å². The molecular formula is C15H18FNO3. The highest BCUT2D eigenvalue weighted by Crippen LogP contribution is 2.36. The number of aliphatic carboxylic acids is 1. The second-order valence-corrected chi connectivity index (χ2v) is 5.36. The van der Waals surface area contributed by atoms with Gasteiger partial charge in [0.15, 0.2) is 0 Å². The molecule has 1 amide bonds. The van der Waals surface area contributed by atoms with Gasteiger partial charge in [-0.2, -0.15) is 0 Å². The molecular weight excluding hydrogens is 261 g/mol. The molecule has 1 N–H and O–H groups in total. The lowest BCUT2D eigenvalue weighted by molar-refractivity contribution is -0.154. The van der Waals surface area contributed by atoms with Crippen molar-refractivity contribution in [3.8, 4) is 0 Å². The Morgan fingerprint density at radius 2 is 1.90 bits per heavy atom. The smallest absolute Gasteiger partial charge is 0.310 e. The summed E-state index contributed by atoms with van der Waals surface area (Å²) in [6, 6.07) is 6.26. The van der Waals surface area contributed by atoms with E-state index in [2.05, 4.69) is 0 Å². The second kappa shape index (κ2) is 5.61. The van der Waals surface area contributed by atoms with E-state index in [-0.39, 0.29) is 18.1 Å². The molecule has 1 aliphatic heterocycles. The summed E-state index contributed by atoms with van der Waals surface area (Å²) in [5.74, 6) is -1.33. The molecule has 0 unspecified atom stereocenters. The molecule has 0 aliphatic carbocycles. The maximum absolute atomic E-state index is 13.7. The first-order valence-corrected chi connectivity index (χ1v) is 6.67. The third kappa shape index (κ3) is 2.81. The van der Waals surface area contributed by atoms with E-state index in [1.807, 2.05) is 0 Å². The minimum absolute atomic E-state index is 0.0464.